The molecule has 1 aromatic carbocycles. The van der Waals surface area contributed by atoms with Crippen LogP contribution in [0.3, 0.4) is 0 Å². The summed E-state index contributed by atoms with van der Waals surface area (Å²) in [5.41, 5.74) is 0.374. The molecule has 0 saturated carbocycles. The summed E-state index contributed by atoms with van der Waals surface area (Å²) in [6.45, 7) is -0.202. The van der Waals surface area contributed by atoms with Crippen LogP contribution in [0.5, 0.6) is 6.01 Å². The maximum Gasteiger partial charge on any atom is 0.338 e. The summed E-state index contributed by atoms with van der Waals surface area (Å²) in [7, 11) is -3.82. The van der Waals surface area contributed by atoms with E-state index in [-0.39, 0.29) is 12.6 Å². The second-order valence-corrected chi connectivity index (χ2v) is 8.35. The Morgan fingerprint density at radius 1 is 1.29 bits per heavy atom. The predicted octanol–water partition coefficient (Wildman–Crippen LogP) is 1.47. The molecule has 1 aromatic heterocycles. The highest BCUT2D eigenvalue weighted by atomic mass is 32.2. The van der Waals surface area contributed by atoms with Crippen molar-refractivity contribution in [2.24, 2.45) is 0 Å². The Kier molecular flexibility index (Phi) is 4.91. The van der Waals surface area contributed by atoms with Crippen LogP contribution in [0.1, 0.15) is 16.6 Å². The van der Waals surface area contributed by atoms with E-state index in [0.29, 0.717) is 10.2 Å². The van der Waals surface area contributed by atoms with Gasteiger partial charge < -0.3 is 14.2 Å². The molecule has 0 aliphatic carbocycles. The number of esters is 1. The number of rotatable bonds is 5. The van der Waals surface area contributed by atoms with E-state index in [4.69, 9.17) is 30.6 Å². The fourth-order valence-electron chi connectivity index (χ4n) is 3.12. The quantitative estimate of drug-likeness (QED) is 0.401. The largest absolute Gasteiger partial charge is 0.459 e. The monoisotopic (exact) mass is 424 g/mol. The molecule has 11 heteroatoms. The fourth-order valence-corrected chi connectivity index (χ4v) is 3.90. The van der Waals surface area contributed by atoms with Crippen molar-refractivity contribution in [1.82, 2.24) is 9.55 Å². The number of nitrogens with zero attached hydrogens (tertiary/aromatic N) is 2. The Morgan fingerprint density at radius 3 is 2.75 bits per heavy atom. The van der Waals surface area contributed by atoms with Crippen LogP contribution in [0.15, 0.2) is 42.6 Å². The maximum absolute atomic E-state index is 12.2. The van der Waals surface area contributed by atoms with Crippen LogP contribution in [0.4, 0.5) is 0 Å². The van der Waals surface area contributed by atoms with E-state index in [1.165, 1.54) is 0 Å². The number of carbonyl (C=O) groups excluding carboxylic acids is 1. The molecule has 0 N–H and O–H groups in total. The number of ether oxygens (including phenoxy) is 3. The highest BCUT2D eigenvalue weighted by Gasteiger charge is 2.54. The van der Waals surface area contributed by atoms with E-state index >= 15 is 0 Å². The van der Waals surface area contributed by atoms with Gasteiger partial charge in [0.2, 0.25) is 0 Å². The van der Waals surface area contributed by atoms with Crippen LogP contribution in [0.25, 0.3) is 0 Å². The van der Waals surface area contributed by atoms with Crippen molar-refractivity contribution in [1.29, 1.82) is 0 Å². The van der Waals surface area contributed by atoms with Crippen LogP contribution in [0.2, 0.25) is 0 Å². The van der Waals surface area contributed by atoms with Crippen LogP contribution in [-0.2, 0) is 23.8 Å². The first-order chi connectivity index (χ1) is 13.3. The number of benzene rings is 1. The van der Waals surface area contributed by atoms with Crippen molar-refractivity contribution in [2.45, 2.75) is 24.5 Å². The van der Waals surface area contributed by atoms with Crippen molar-refractivity contribution in [3.63, 3.8) is 0 Å². The van der Waals surface area contributed by atoms with Gasteiger partial charge in [0.25, 0.3) is 16.1 Å². The third kappa shape index (κ3) is 3.78. The van der Waals surface area contributed by atoms with Gasteiger partial charge in [0.1, 0.15) is 23.5 Å². The van der Waals surface area contributed by atoms with Crippen molar-refractivity contribution in [3.05, 3.63) is 52.8 Å². The number of hydrogen-bond donors (Lipinski definition) is 0. The highest BCUT2D eigenvalue weighted by molar-refractivity contribution is 7.86. The number of fused-ring (bicyclic) bond motifs is 3. The first-order valence-electron chi connectivity index (χ1n) is 8.33. The standard InChI is InChI=1S/C17H16N2O7S2/c1-28(21,22)26-13-11(9-23-16(20)10-5-3-2-4-6-10)24-15-14(13)25-17-18-12(27)7-8-19(15)17/h2-8,11,13-15H,9H2,1H3/t11-,13+,14+,15+/m0/s1. The summed E-state index contributed by atoms with van der Waals surface area (Å²) in [6, 6.07) is 10.2. The summed E-state index contributed by atoms with van der Waals surface area (Å²) in [5.74, 6) is -0.550. The van der Waals surface area contributed by atoms with Gasteiger partial charge in [-0.05, 0) is 18.2 Å². The van der Waals surface area contributed by atoms with Crippen LogP contribution >= 0.6 is 12.2 Å². The lowest BCUT2D eigenvalue weighted by Gasteiger charge is -2.20. The first kappa shape index (κ1) is 19.0. The molecule has 2 aliphatic rings. The van der Waals surface area contributed by atoms with Gasteiger partial charge in [-0.1, -0.05) is 30.4 Å². The zero-order valence-corrected chi connectivity index (χ0v) is 16.3. The molecule has 4 rings (SSSR count). The van der Waals surface area contributed by atoms with Gasteiger partial charge in [-0.25, -0.2) is 4.79 Å². The average Bonchev–Trinajstić information content (AvgIpc) is 3.15. The van der Waals surface area contributed by atoms with Crippen molar-refractivity contribution in [3.8, 4) is 6.01 Å². The molecule has 3 heterocycles. The molecule has 2 aliphatic heterocycles. The summed E-state index contributed by atoms with van der Waals surface area (Å²) in [5, 5.41) is 0. The number of hydrogen-bond acceptors (Lipinski definition) is 9. The summed E-state index contributed by atoms with van der Waals surface area (Å²) in [4.78, 5) is 16.3. The first-order valence-corrected chi connectivity index (χ1v) is 10.6. The van der Waals surface area contributed by atoms with E-state index in [1.807, 2.05) is 0 Å². The molecule has 0 amide bonds. The Bertz CT molecular complexity index is 1050. The minimum Gasteiger partial charge on any atom is -0.459 e. The normalized spacial score (nSPS) is 25.6. The van der Waals surface area contributed by atoms with Crippen LogP contribution in [-0.4, -0.2) is 55.1 Å². The predicted molar refractivity (Wildman–Crippen MR) is 97.8 cm³/mol. The summed E-state index contributed by atoms with van der Waals surface area (Å²) in [6.07, 6.45) is -0.738. The van der Waals surface area contributed by atoms with Gasteiger partial charge in [-0.2, -0.15) is 13.4 Å². The van der Waals surface area contributed by atoms with Crippen LogP contribution < -0.4 is 4.74 Å². The van der Waals surface area contributed by atoms with Crippen molar-refractivity contribution in [2.75, 3.05) is 12.9 Å². The maximum atomic E-state index is 12.2. The molecule has 0 unspecified atom stereocenters. The zero-order chi connectivity index (χ0) is 19.9. The van der Waals surface area contributed by atoms with Gasteiger partial charge in [0.15, 0.2) is 12.3 Å². The zero-order valence-electron chi connectivity index (χ0n) is 14.6. The number of aromatic nitrogens is 2. The molecule has 1 saturated heterocycles. The molecule has 28 heavy (non-hydrogen) atoms. The van der Waals surface area contributed by atoms with Gasteiger partial charge >= 0.3 is 5.97 Å². The van der Waals surface area contributed by atoms with Crippen molar-refractivity contribution < 1.29 is 31.6 Å². The molecule has 2 aromatic rings. The SMILES string of the molecule is CS(=O)(=O)O[C@H]1[C@H]2Oc3nc(=S)ccn3[C@@H]2O[C@H]1COC(=O)c1ccccc1. The molecule has 4 atom stereocenters. The second-order valence-electron chi connectivity index (χ2n) is 6.33. The van der Waals surface area contributed by atoms with Gasteiger partial charge in [0, 0.05) is 6.20 Å². The minimum absolute atomic E-state index is 0.202. The third-order valence-corrected chi connectivity index (χ3v) is 5.08. The Labute approximate surface area is 165 Å². The lowest BCUT2D eigenvalue weighted by molar-refractivity contribution is -0.0466. The second kappa shape index (κ2) is 7.24. The molecular weight excluding hydrogens is 408 g/mol. The molecule has 0 bridgehead atoms. The minimum atomic E-state index is -3.82. The Morgan fingerprint density at radius 2 is 2.04 bits per heavy atom. The molecule has 0 radical (unpaired) electrons. The van der Waals surface area contributed by atoms with E-state index in [9.17, 15) is 13.2 Å². The van der Waals surface area contributed by atoms with Crippen molar-refractivity contribution >= 4 is 28.3 Å². The fraction of sp³-hybridized carbons (Fsp3) is 0.353. The smallest absolute Gasteiger partial charge is 0.338 e. The molecule has 148 valence electrons. The van der Waals surface area contributed by atoms with E-state index < -0.39 is 40.6 Å². The topological polar surface area (TPSA) is 106 Å². The number of carbonyl (C=O) groups is 1. The Balaban J connectivity index is 1.54. The van der Waals surface area contributed by atoms with Gasteiger partial charge in [-0.15, -0.1) is 0 Å². The van der Waals surface area contributed by atoms with E-state index in [0.717, 1.165) is 6.26 Å². The highest BCUT2D eigenvalue weighted by Crippen LogP contribution is 2.41. The summed E-state index contributed by atoms with van der Waals surface area (Å²) >= 11 is 5.01. The molecule has 9 nitrogen and oxygen atoms in total. The van der Waals surface area contributed by atoms with E-state index in [1.54, 1.807) is 47.2 Å². The van der Waals surface area contributed by atoms with Crippen LogP contribution in [0, 0.1) is 4.64 Å². The molecule has 1 fully saturated rings. The lowest BCUT2D eigenvalue weighted by atomic mass is 10.1. The van der Waals surface area contributed by atoms with E-state index in [2.05, 4.69) is 4.98 Å². The third-order valence-electron chi connectivity index (χ3n) is 4.28. The van der Waals surface area contributed by atoms with Gasteiger partial charge in [-0.3, -0.25) is 8.75 Å². The molecular formula is C17H16N2O7S2. The average molecular weight is 424 g/mol. The Hall–Kier alpha value is -2.34. The van der Waals surface area contributed by atoms with Gasteiger partial charge in [0.05, 0.1) is 11.8 Å². The lowest BCUT2D eigenvalue weighted by Crippen LogP contribution is -2.40. The molecule has 0 spiro atoms. The summed E-state index contributed by atoms with van der Waals surface area (Å²) < 4.78 is 47.5.